The van der Waals surface area contributed by atoms with Gasteiger partial charge in [-0.05, 0) is 18.6 Å². The highest BCUT2D eigenvalue weighted by molar-refractivity contribution is 5.67. The van der Waals surface area contributed by atoms with Gasteiger partial charge < -0.3 is 10.5 Å². The number of nitrogens with two attached hydrogens (primary N) is 1. The lowest BCUT2D eigenvalue weighted by atomic mass is 9.75. The second-order valence-corrected chi connectivity index (χ2v) is 5.40. The minimum atomic E-state index is -0.0791. The number of hydrogen-bond acceptors (Lipinski definition) is 2. The normalized spacial score (nSPS) is 15.5. The first-order chi connectivity index (χ1) is 8.51. The molecular formula is C16H17NO. The minimum absolute atomic E-state index is 0.0791. The van der Waals surface area contributed by atoms with Gasteiger partial charge in [0.05, 0.1) is 5.69 Å². The summed E-state index contributed by atoms with van der Waals surface area (Å²) in [5.74, 6) is 1.76. The topological polar surface area (TPSA) is 35.2 Å². The number of ether oxygens (including phenoxy) is 1. The minimum Gasteiger partial charge on any atom is -0.454 e. The second-order valence-electron chi connectivity index (χ2n) is 5.40. The van der Waals surface area contributed by atoms with E-state index in [1.165, 1.54) is 5.56 Å². The summed E-state index contributed by atoms with van der Waals surface area (Å²) in [6.07, 6.45) is 0. The summed E-state index contributed by atoms with van der Waals surface area (Å²) in [7, 11) is 0. The van der Waals surface area contributed by atoms with Crippen molar-refractivity contribution in [2.24, 2.45) is 0 Å². The van der Waals surface area contributed by atoms with Gasteiger partial charge in [-0.15, -0.1) is 0 Å². The van der Waals surface area contributed by atoms with Crippen LogP contribution in [0.5, 0.6) is 11.5 Å². The lowest BCUT2D eigenvalue weighted by Crippen LogP contribution is -2.25. The van der Waals surface area contributed by atoms with Crippen LogP contribution in [0.1, 0.15) is 30.5 Å². The molecule has 0 unspecified atom stereocenters. The van der Waals surface area contributed by atoms with Crippen molar-refractivity contribution in [3.8, 4) is 11.5 Å². The first-order valence-corrected chi connectivity index (χ1v) is 6.18. The van der Waals surface area contributed by atoms with E-state index >= 15 is 0 Å². The quantitative estimate of drug-likeness (QED) is 0.705. The Hall–Kier alpha value is -1.96. The predicted molar refractivity (Wildman–Crippen MR) is 74.2 cm³/mol. The fourth-order valence-corrected chi connectivity index (χ4v) is 2.69. The summed E-state index contributed by atoms with van der Waals surface area (Å²) in [5.41, 5.74) is 10.2. The fraction of sp³-hybridized carbons (Fsp3) is 0.250. The van der Waals surface area contributed by atoms with E-state index in [1.807, 2.05) is 12.1 Å². The van der Waals surface area contributed by atoms with Crippen molar-refractivity contribution < 1.29 is 4.74 Å². The van der Waals surface area contributed by atoms with E-state index < -0.39 is 0 Å². The van der Waals surface area contributed by atoms with Crippen molar-refractivity contribution in [3.63, 3.8) is 0 Å². The fourth-order valence-electron chi connectivity index (χ4n) is 2.69. The standard InChI is InChI=1S/C16H17NO/c1-10-6-4-7-11-14(10)18-15-12(16(11,2)3)8-5-9-13(15)17/h4-9H,17H2,1-3H3. The van der Waals surface area contributed by atoms with E-state index in [9.17, 15) is 0 Å². The van der Waals surface area contributed by atoms with Crippen molar-refractivity contribution >= 4 is 5.69 Å². The molecule has 1 aliphatic heterocycles. The molecule has 0 amide bonds. The molecule has 0 aromatic heterocycles. The zero-order valence-corrected chi connectivity index (χ0v) is 10.9. The smallest absolute Gasteiger partial charge is 0.154 e. The summed E-state index contributed by atoms with van der Waals surface area (Å²) in [6, 6.07) is 12.2. The highest BCUT2D eigenvalue weighted by Gasteiger charge is 2.35. The van der Waals surface area contributed by atoms with Crippen LogP contribution in [0.25, 0.3) is 0 Å². The van der Waals surface area contributed by atoms with Gasteiger partial charge >= 0.3 is 0 Å². The zero-order valence-electron chi connectivity index (χ0n) is 10.9. The van der Waals surface area contributed by atoms with E-state index in [0.717, 1.165) is 22.6 Å². The third-order valence-corrected chi connectivity index (χ3v) is 3.81. The van der Waals surface area contributed by atoms with Crippen molar-refractivity contribution in [2.45, 2.75) is 26.2 Å². The van der Waals surface area contributed by atoms with Crippen LogP contribution in [0.2, 0.25) is 0 Å². The Morgan fingerprint density at radius 2 is 1.56 bits per heavy atom. The molecule has 0 bridgehead atoms. The second kappa shape index (κ2) is 3.52. The number of nitrogen functional groups attached to an aromatic ring is 1. The van der Waals surface area contributed by atoms with Crippen molar-refractivity contribution in [3.05, 3.63) is 53.1 Å². The molecular weight excluding hydrogens is 222 g/mol. The van der Waals surface area contributed by atoms with E-state index in [2.05, 4.69) is 45.0 Å². The lowest BCUT2D eigenvalue weighted by molar-refractivity contribution is 0.417. The zero-order chi connectivity index (χ0) is 12.9. The molecule has 0 fully saturated rings. The molecule has 2 heteroatoms. The average molecular weight is 239 g/mol. The molecule has 1 aliphatic rings. The van der Waals surface area contributed by atoms with Crippen LogP contribution in [0.4, 0.5) is 5.69 Å². The van der Waals surface area contributed by atoms with Crippen LogP contribution in [-0.2, 0) is 5.41 Å². The van der Waals surface area contributed by atoms with Gasteiger partial charge in [0, 0.05) is 16.5 Å². The largest absolute Gasteiger partial charge is 0.454 e. The van der Waals surface area contributed by atoms with Crippen LogP contribution in [-0.4, -0.2) is 0 Å². The van der Waals surface area contributed by atoms with Gasteiger partial charge in [-0.25, -0.2) is 0 Å². The highest BCUT2D eigenvalue weighted by Crippen LogP contribution is 2.50. The number of rotatable bonds is 0. The van der Waals surface area contributed by atoms with Gasteiger partial charge in [-0.2, -0.15) is 0 Å². The van der Waals surface area contributed by atoms with Crippen molar-refractivity contribution in [1.29, 1.82) is 0 Å². The first-order valence-electron chi connectivity index (χ1n) is 6.18. The van der Waals surface area contributed by atoms with Crippen molar-refractivity contribution in [2.75, 3.05) is 5.73 Å². The predicted octanol–water partition coefficient (Wildman–Crippen LogP) is 4.01. The SMILES string of the molecule is Cc1cccc2c1Oc1c(N)cccc1C2(C)C. The summed E-state index contributed by atoms with van der Waals surface area (Å²) in [6.45, 7) is 6.50. The van der Waals surface area contributed by atoms with E-state index in [-0.39, 0.29) is 5.41 Å². The van der Waals surface area contributed by atoms with Crippen molar-refractivity contribution in [1.82, 2.24) is 0 Å². The molecule has 0 radical (unpaired) electrons. The molecule has 1 heterocycles. The number of hydrogen-bond donors (Lipinski definition) is 1. The molecule has 92 valence electrons. The third-order valence-electron chi connectivity index (χ3n) is 3.81. The van der Waals surface area contributed by atoms with E-state index in [1.54, 1.807) is 0 Å². The Morgan fingerprint density at radius 1 is 0.944 bits per heavy atom. The summed E-state index contributed by atoms with van der Waals surface area (Å²) >= 11 is 0. The molecule has 3 rings (SSSR count). The Balaban J connectivity index is 2.33. The summed E-state index contributed by atoms with van der Waals surface area (Å²) in [4.78, 5) is 0. The molecule has 0 aliphatic carbocycles. The van der Waals surface area contributed by atoms with Gasteiger partial charge in [-0.1, -0.05) is 44.2 Å². The molecule has 0 spiro atoms. The Kier molecular flexibility index (Phi) is 2.18. The van der Waals surface area contributed by atoms with Crippen LogP contribution >= 0.6 is 0 Å². The number of anilines is 1. The van der Waals surface area contributed by atoms with E-state index in [4.69, 9.17) is 10.5 Å². The van der Waals surface area contributed by atoms with Crippen LogP contribution < -0.4 is 10.5 Å². The number of benzene rings is 2. The lowest BCUT2D eigenvalue weighted by Gasteiger charge is -2.35. The highest BCUT2D eigenvalue weighted by atomic mass is 16.5. The molecule has 0 atom stereocenters. The van der Waals surface area contributed by atoms with Gasteiger partial charge in [-0.3, -0.25) is 0 Å². The number of aryl methyl sites for hydroxylation is 1. The van der Waals surface area contributed by atoms with Gasteiger partial charge in [0.15, 0.2) is 5.75 Å². The number of para-hydroxylation sites is 2. The Morgan fingerprint density at radius 3 is 2.28 bits per heavy atom. The maximum atomic E-state index is 6.05. The third kappa shape index (κ3) is 1.35. The Bertz CT molecular complexity index is 575. The molecule has 2 aromatic carbocycles. The number of fused-ring (bicyclic) bond motifs is 2. The molecule has 0 saturated heterocycles. The molecule has 2 nitrogen and oxygen atoms in total. The molecule has 2 N–H and O–H groups in total. The summed E-state index contributed by atoms with van der Waals surface area (Å²) in [5, 5.41) is 0. The van der Waals surface area contributed by atoms with Crippen LogP contribution in [0.15, 0.2) is 36.4 Å². The monoisotopic (exact) mass is 239 g/mol. The maximum absolute atomic E-state index is 6.05. The maximum Gasteiger partial charge on any atom is 0.154 e. The molecule has 0 saturated carbocycles. The van der Waals surface area contributed by atoms with Gasteiger partial charge in [0.1, 0.15) is 5.75 Å². The van der Waals surface area contributed by atoms with Crippen LogP contribution in [0, 0.1) is 6.92 Å². The van der Waals surface area contributed by atoms with Gasteiger partial charge in [0.25, 0.3) is 0 Å². The Labute approximate surface area is 107 Å². The van der Waals surface area contributed by atoms with Gasteiger partial charge in [0.2, 0.25) is 0 Å². The summed E-state index contributed by atoms with van der Waals surface area (Å²) < 4.78 is 6.05. The first kappa shape index (κ1) is 11.1. The van der Waals surface area contributed by atoms with E-state index in [0.29, 0.717) is 5.69 Å². The van der Waals surface area contributed by atoms with Crippen LogP contribution in [0.3, 0.4) is 0 Å². The average Bonchev–Trinajstić information content (AvgIpc) is 2.32. The molecule has 18 heavy (non-hydrogen) atoms. The molecule has 2 aromatic rings.